The lowest BCUT2D eigenvalue weighted by Crippen LogP contribution is -1.99. The summed E-state index contributed by atoms with van der Waals surface area (Å²) in [5.74, 6) is 0.766. The van der Waals surface area contributed by atoms with Crippen LogP contribution < -0.4 is 4.74 Å². The molecule has 5 nitrogen and oxygen atoms in total. The van der Waals surface area contributed by atoms with Crippen LogP contribution >= 0.6 is 11.3 Å². The summed E-state index contributed by atoms with van der Waals surface area (Å²) in [4.78, 5) is 12.1. The van der Waals surface area contributed by atoms with Crippen molar-refractivity contribution in [2.45, 2.75) is 0 Å². The Morgan fingerprint density at radius 3 is 2.65 bits per heavy atom. The highest BCUT2D eigenvalue weighted by atomic mass is 32.1. The van der Waals surface area contributed by atoms with Crippen LogP contribution in [0.1, 0.15) is 10.5 Å². The Morgan fingerprint density at radius 2 is 2.05 bits per heavy atom. The van der Waals surface area contributed by atoms with Crippen molar-refractivity contribution in [3.63, 3.8) is 0 Å². The number of hydrogen-bond donors (Lipinski definition) is 0. The molecule has 0 N–H and O–H groups in total. The highest BCUT2D eigenvalue weighted by Crippen LogP contribution is 2.28. The van der Waals surface area contributed by atoms with Crippen molar-refractivity contribution < 1.29 is 9.53 Å². The molecule has 3 aromatic rings. The van der Waals surface area contributed by atoms with Crippen molar-refractivity contribution in [2.75, 3.05) is 7.11 Å². The quantitative estimate of drug-likeness (QED) is 0.692. The van der Waals surface area contributed by atoms with Crippen LogP contribution in [0.15, 0.2) is 41.8 Å². The highest BCUT2D eigenvalue weighted by Gasteiger charge is 2.16. The first-order valence-corrected chi connectivity index (χ1v) is 6.80. The molecule has 0 amide bonds. The van der Waals surface area contributed by atoms with Gasteiger partial charge in [0, 0.05) is 0 Å². The van der Waals surface area contributed by atoms with E-state index in [9.17, 15) is 4.79 Å². The van der Waals surface area contributed by atoms with Crippen molar-refractivity contribution >= 4 is 17.6 Å². The van der Waals surface area contributed by atoms with E-state index in [0.717, 1.165) is 22.6 Å². The first kappa shape index (κ1) is 12.6. The average Bonchev–Trinajstić information content (AvgIpc) is 3.15. The number of rotatable bonds is 4. The van der Waals surface area contributed by atoms with Crippen LogP contribution in [0, 0.1) is 0 Å². The topological polar surface area (TPSA) is 57.0 Å². The minimum Gasteiger partial charge on any atom is -0.497 e. The molecule has 2 aromatic heterocycles. The maximum Gasteiger partial charge on any atom is 0.172 e. The number of carbonyl (C=O) groups excluding carboxylic acids is 1. The smallest absolute Gasteiger partial charge is 0.172 e. The lowest BCUT2D eigenvalue weighted by Gasteiger charge is -2.06. The van der Waals surface area contributed by atoms with E-state index < -0.39 is 0 Å². The number of carbonyl (C=O) groups is 1. The van der Waals surface area contributed by atoms with E-state index in [1.807, 2.05) is 41.8 Å². The first-order chi connectivity index (χ1) is 9.83. The fraction of sp³-hybridized carbons (Fsp3) is 0.0714. The predicted molar refractivity (Wildman–Crippen MR) is 76.6 cm³/mol. The average molecular weight is 285 g/mol. The van der Waals surface area contributed by atoms with Crippen LogP contribution in [0.5, 0.6) is 5.75 Å². The Hall–Kier alpha value is -2.47. The maximum absolute atomic E-state index is 11.1. The van der Waals surface area contributed by atoms with E-state index in [2.05, 4.69) is 10.3 Å². The standard InChI is InChI=1S/C14H11N3O2S/c1-19-11-6-4-10(5-7-11)17-14(12(9-18)15-16-17)13-3-2-8-20-13/h2-9H,1H3. The van der Waals surface area contributed by atoms with Crippen LogP contribution in [0.3, 0.4) is 0 Å². The molecule has 0 radical (unpaired) electrons. The van der Waals surface area contributed by atoms with Crippen molar-refractivity contribution in [1.29, 1.82) is 0 Å². The Balaban J connectivity index is 2.14. The molecule has 6 heteroatoms. The third-order valence-electron chi connectivity index (χ3n) is 2.88. The largest absolute Gasteiger partial charge is 0.497 e. The molecule has 0 aliphatic heterocycles. The number of methoxy groups -OCH3 is 1. The summed E-state index contributed by atoms with van der Waals surface area (Å²) in [6.45, 7) is 0. The normalized spacial score (nSPS) is 10.4. The van der Waals surface area contributed by atoms with E-state index in [-0.39, 0.29) is 0 Å². The molecule has 100 valence electrons. The van der Waals surface area contributed by atoms with Crippen molar-refractivity contribution in [1.82, 2.24) is 15.0 Å². The summed E-state index contributed by atoms with van der Waals surface area (Å²) < 4.78 is 6.80. The van der Waals surface area contributed by atoms with Gasteiger partial charge in [-0.05, 0) is 35.7 Å². The van der Waals surface area contributed by atoms with Crippen LogP contribution in [0.2, 0.25) is 0 Å². The fourth-order valence-corrected chi connectivity index (χ4v) is 2.68. The second kappa shape index (κ2) is 5.26. The summed E-state index contributed by atoms with van der Waals surface area (Å²) in [5, 5.41) is 9.95. The number of aldehydes is 1. The number of benzene rings is 1. The van der Waals surface area contributed by atoms with Crippen molar-refractivity contribution in [2.24, 2.45) is 0 Å². The molecule has 0 aliphatic carbocycles. The molecule has 20 heavy (non-hydrogen) atoms. The van der Waals surface area contributed by atoms with Crippen LogP contribution in [0.25, 0.3) is 16.3 Å². The van der Waals surface area contributed by atoms with Gasteiger partial charge in [0.1, 0.15) is 11.4 Å². The second-order valence-electron chi connectivity index (χ2n) is 4.03. The molecule has 0 fully saturated rings. The Bertz CT molecular complexity index is 717. The van der Waals surface area contributed by atoms with Crippen LogP contribution in [0.4, 0.5) is 0 Å². The molecule has 0 saturated carbocycles. The summed E-state index contributed by atoms with van der Waals surface area (Å²) in [6, 6.07) is 11.3. The first-order valence-electron chi connectivity index (χ1n) is 5.92. The molecule has 0 saturated heterocycles. The molecule has 0 unspecified atom stereocenters. The number of aromatic nitrogens is 3. The SMILES string of the molecule is COc1ccc(-n2nnc(C=O)c2-c2cccs2)cc1. The van der Waals surface area contributed by atoms with E-state index in [1.165, 1.54) is 0 Å². The van der Waals surface area contributed by atoms with Gasteiger partial charge in [0.05, 0.1) is 17.7 Å². The van der Waals surface area contributed by atoms with E-state index in [4.69, 9.17) is 4.74 Å². The monoisotopic (exact) mass is 285 g/mol. The summed E-state index contributed by atoms with van der Waals surface area (Å²) in [7, 11) is 1.62. The van der Waals surface area contributed by atoms with Crippen molar-refractivity contribution in [3.05, 3.63) is 47.5 Å². The minimum absolute atomic E-state index is 0.336. The molecule has 2 heterocycles. The van der Waals surface area contributed by atoms with Gasteiger partial charge >= 0.3 is 0 Å². The lowest BCUT2D eigenvalue weighted by atomic mass is 10.2. The van der Waals surface area contributed by atoms with Gasteiger partial charge in [-0.15, -0.1) is 16.4 Å². The maximum atomic E-state index is 11.1. The third-order valence-corrected chi connectivity index (χ3v) is 3.76. The number of hydrogen-bond acceptors (Lipinski definition) is 5. The van der Waals surface area contributed by atoms with Crippen LogP contribution in [-0.2, 0) is 0 Å². The summed E-state index contributed by atoms with van der Waals surface area (Å²) >= 11 is 1.54. The zero-order chi connectivity index (χ0) is 13.9. The Kier molecular flexibility index (Phi) is 3.30. The van der Waals surface area contributed by atoms with Crippen molar-refractivity contribution in [3.8, 4) is 22.0 Å². The summed E-state index contributed by atoms with van der Waals surface area (Å²) in [5.41, 5.74) is 1.87. The van der Waals surface area contributed by atoms with Gasteiger partial charge in [-0.2, -0.15) is 0 Å². The minimum atomic E-state index is 0.336. The molecule has 0 atom stereocenters. The lowest BCUT2D eigenvalue weighted by molar-refractivity contribution is 0.111. The van der Waals surface area contributed by atoms with Gasteiger partial charge in [-0.1, -0.05) is 11.3 Å². The van der Waals surface area contributed by atoms with Gasteiger partial charge in [-0.3, -0.25) is 4.79 Å². The van der Waals surface area contributed by atoms with E-state index in [0.29, 0.717) is 11.4 Å². The Morgan fingerprint density at radius 1 is 1.25 bits per heavy atom. The molecule has 0 spiro atoms. The zero-order valence-corrected chi connectivity index (χ0v) is 11.5. The Labute approximate surface area is 119 Å². The molecule has 3 rings (SSSR count). The van der Waals surface area contributed by atoms with Gasteiger partial charge in [0.2, 0.25) is 0 Å². The fourth-order valence-electron chi connectivity index (χ4n) is 1.92. The molecular weight excluding hydrogens is 274 g/mol. The van der Waals surface area contributed by atoms with Crippen LogP contribution in [-0.4, -0.2) is 28.4 Å². The number of thiophene rings is 1. The van der Waals surface area contributed by atoms with Gasteiger partial charge in [0.15, 0.2) is 12.0 Å². The van der Waals surface area contributed by atoms with E-state index >= 15 is 0 Å². The molecular formula is C14H11N3O2S. The van der Waals surface area contributed by atoms with Gasteiger partial charge < -0.3 is 4.74 Å². The molecule has 1 aromatic carbocycles. The molecule has 0 aliphatic rings. The number of nitrogens with zero attached hydrogens (tertiary/aromatic N) is 3. The van der Waals surface area contributed by atoms with Gasteiger partial charge in [-0.25, -0.2) is 4.68 Å². The van der Waals surface area contributed by atoms with E-state index in [1.54, 1.807) is 23.1 Å². The second-order valence-corrected chi connectivity index (χ2v) is 4.98. The third kappa shape index (κ3) is 2.10. The van der Waals surface area contributed by atoms with Gasteiger partial charge in [0.25, 0.3) is 0 Å². The summed E-state index contributed by atoms with van der Waals surface area (Å²) in [6.07, 6.45) is 0.724. The molecule has 0 bridgehead atoms. The number of ether oxygens (including phenoxy) is 1. The zero-order valence-electron chi connectivity index (χ0n) is 10.7. The predicted octanol–water partition coefficient (Wildman–Crippen LogP) is 2.82. The highest BCUT2D eigenvalue weighted by molar-refractivity contribution is 7.13.